The van der Waals surface area contributed by atoms with Gasteiger partial charge in [-0.25, -0.2) is 4.98 Å². The Kier molecular flexibility index (Phi) is 7.66. The van der Waals surface area contributed by atoms with Crippen molar-refractivity contribution < 1.29 is 9.53 Å². The second kappa shape index (κ2) is 10.7. The first-order valence-corrected chi connectivity index (χ1v) is 13.5. The minimum atomic E-state index is -0.198. The molecule has 3 aliphatic heterocycles. The Morgan fingerprint density at radius 1 is 1.11 bits per heavy atom. The van der Waals surface area contributed by atoms with E-state index in [1.54, 1.807) is 0 Å². The van der Waals surface area contributed by atoms with Crippen molar-refractivity contribution in [3.63, 3.8) is 0 Å². The van der Waals surface area contributed by atoms with Crippen molar-refractivity contribution in [1.82, 2.24) is 14.8 Å². The van der Waals surface area contributed by atoms with Gasteiger partial charge in [0.2, 0.25) is 5.91 Å². The fourth-order valence-electron chi connectivity index (χ4n) is 5.65. The highest BCUT2D eigenvalue weighted by Gasteiger charge is 2.42. The number of carbonyl (C=O) groups is 1. The second-order valence-corrected chi connectivity index (χ2v) is 10.9. The summed E-state index contributed by atoms with van der Waals surface area (Å²) < 4.78 is 5.51. The van der Waals surface area contributed by atoms with E-state index in [2.05, 4.69) is 22.8 Å². The average Bonchev–Trinajstić information content (AvgIpc) is 2.86. The first kappa shape index (κ1) is 25.0. The number of rotatable bonds is 7. The number of carbonyl (C=O) groups excluding carboxylic acids is 1. The molecule has 0 bridgehead atoms. The summed E-state index contributed by atoms with van der Waals surface area (Å²) in [6.07, 6.45) is 3.09. The van der Waals surface area contributed by atoms with Crippen LogP contribution in [0.25, 0.3) is 0 Å². The number of hydrogen-bond donors (Lipinski definition) is 0. The molecule has 0 saturated carbocycles. The smallest absolute Gasteiger partial charge is 0.228 e. The predicted molar refractivity (Wildman–Crippen MR) is 141 cm³/mol. The minimum absolute atomic E-state index is 0.137. The van der Waals surface area contributed by atoms with E-state index in [0.717, 1.165) is 82.3 Å². The molecule has 3 fully saturated rings. The van der Waals surface area contributed by atoms with Crippen LogP contribution in [0.5, 0.6) is 0 Å². The number of ether oxygens (including phenoxy) is 1. The number of halogens is 2. The second-order valence-electron chi connectivity index (χ2n) is 10.0. The molecule has 188 valence electrons. The lowest BCUT2D eigenvalue weighted by Gasteiger charge is -2.49. The van der Waals surface area contributed by atoms with Gasteiger partial charge in [-0.15, -0.1) is 0 Å². The molecule has 3 aliphatic rings. The maximum atomic E-state index is 13.1. The number of hydrogen-bond acceptors (Lipinski definition) is 5. The summed E-state index contributed by atoms with van der Waals surface area (Å²) in [4.78, 5) is 24.8. The molecule has 0 spiro atoms. The van der Waals surface area contributed by atoms with Gasteiger partial charge in [-0.2, -0.15) is 0 Å². The normalized spacial score (nSPS) is 24.5. The lowest BCUT2D eigenvalue weighted by molar-refractivity contribution is -0.120. The summed E-state index contributed by atoms with van der Waals surface area (Å²) in [5.74, 6) is 0.882. The molecule has 0 unspecified atom stereocenters. The van der Waals surface area contributed by atoms with Crippen molar-refractivity contribution in [2.75, 3.05) is 57.4 Å². The molecule has 0 radical (unpaired) electrons. The van der Waals surface area contributed by atoms with Crippen molar-refractivity contribution in [3.05, 3.63) is 57.7 Å². The Labute approximate surface area is 218 Å². The summed E-state index contributed by atoms with van der Waals surface area (Å²) >= 11 is 12.7. The van der Waals surface area contributed by atoms with Crippen LogP contribution in [0, 0.1) is 0 Å². The molecule has 0 N–H and O–H groups in total. The first-order chi connectivity index (χ1) is 17.0. The van der Waals surface area contributed by atoms with Crippen LogP contribution in [0.1, 0.15) is 37.4 Å². The number of pyridine rings is 1. The number of aromatic nitrogens is 1. The molecule has 3 saturated heterocycles. The van der Waals surface area contributed by atoms with Gasteiger partial charge in [0, 0.05) is 56.3 Å². The number of piperidine rings is 1. The van der Waals surface area contributed by atoms with Crippen LogP contribution in [0.4, 0.5) is 5.82 Å². The van der Waals surface area contributed by atoms with E-state index in [4.69, 9.17) is 32.9 Å². The van der Waals surface area contributed by atoms with E-state index >= 15 is 0 Å². The van der Waals surface area contributed by atoms with Gasteiger partial charge >= 0.3 is 0 Å². The van der Waals surface area contributed by atoms with Gasteiger partial charge in [-0.1, -0.05) is 42.3 Å². The molecule has 1 aromatic heterocycles. The topological polar surface area (TPSA) is 48.9 Å². The summed E-state index contributed by atoms with van der Waals surface area (Å²) in [5, 5.41) is 1.12. The number of amides is 1. The van der Waals surface area contributed by atoms with Crippen molar-refractivity contribution in [1.29, 1.82) is 0 Å². The van der Waals surface area contributed by atoms with Crippen LogP contribution in [-0.4, -0.2) is 79.2 Å². The zero-order chi connectivity index (χ0) is 24.4. The fourth-order valence-corrected chi connectivity index (χ4v) is 5.95. The van der Waals surface area contributed by atoms with E-state index < -0.39 is 0 Å². The molecule has 35 heavy (non-hydrogen) atoms. The van der Waals surface area contributed by atoms with Crippen LogP contribution in [-0.2, 0) is 21.4 Å². The van der Waals surface area contributed by atoms with E-state index in [0.29, 0.717) is 29.1 Å². The molecular weight excluding hydrogens is 483 g/mol. The summed E-state index contributed by atoms with van der Waals surface area (Å²) in [7, 11) is 0. The molecule has 0 aliphatic carbocycles. The highest BCUT2D eigenvalue weighted by molar-refractivity contribution is 6.42. The number of nitrogens with zero attached hydrogens (tertiary/aromatic N) is 4. The largest absolute Gasteiger partial charge is 0.379 e. The molecule has 1 amide bonds. The maximum absolute atomic E-state index is 13.1. The van der Waals surface area contributed by atoms with Crippen LogP contribution < -0.4 is 4.90 Å². The summed E-state index contributed by atoms with van der Waals surface area (Å²) in [6, 6.07) is 12.6. The third-order valence-electron chi connectivity index (χ3n) is 7.95. The van der Waals surface area contributed by atoms with E-state index in [9.17, 15) is 4.79 Å². The molecule has 2 aromatic rings. The lowest BCUT2D eigenvalue weighted by Crippen LogP contribution is -2.62. The Morgan fingerprint density at radius 2 is 1.91 bits per heavy atom. The summed E-state index contributed by atoms with van der Waals surface area (Å²) in [5.41, 5.74) is 1.95. The Balaban J connectivity index is 1.35. The van der Waals surface area contributed by atoms with Crippen molar-refractivity contribution >= 4 is 34.9 Å². The van der Waals surface area contributed by atoms with Gasteiger partial charge in [-0.3, -0.25) is 14.6 Å². The number of anilines is 1. The monoisotopic (exact) mass is 516 g/mol. The first-order valence-electron chi connectivity index (χ1n) is 12.7. The Morgan fingerprint density at radius 3 is 2.66 bits per heavy atom. The zero-order valence-corrected chi connectivity index (χ0v) is 21.9. The molecule has 1 aromatic carbocycles. The van der Waals surface area contributed by atoms with Gasteiger partial charge in [0.25, 0.3) is 0 Å². The van der Waals surface area contributed by atoms with Crippen LogP contribution >= 0.6 is 23.2 Å². The number of likely N-dealkylation sites (tertiary alicyclic amines) is 1. The van der Waals surface area contributed by atoms with Gasteiger partial charge in [0.15, 0.2) is 0 Å². The predicted octanol–water partition coefficient (Wildman–Crippen LogP) is 4.42. The van der Waals surface area contributed by atoms with Gasteiger partial charge in [0.1, 0.15) is 5.82 Å². The molecule has 5 rings (SSSR count). The van der Waals surface area contributed by atoms with Crippen molar-refractivity contribution in [3.8, 4) is 0 Å². The molecule has 6 nitrogen and oxygen atoms in total. The lowest BCUT2D eigenvalue weighted by atomic mass is 9.71. The third kappa shape index (κ3) is 5.37. The highest BCUT2D eigenvalue weighted by atomic mass is 35.5. The standard InChI is InChI=1S/C27H34Cl2N4O2/c1-2-21-4-3-5-25(30-21)33-19-27(9-8-26(33)34,20-6-7-23(28)24(29)16-20)10-11-31-17-22(18-31)32-12-14-35-15-13-32/h3-7,16,22H,2,8-15,17-19H2,1H3/t27-/m1/s1. The van der Waals surface area contributed by atoms with Crippen molar-refractivity contribution in [2.45, 2.75) is 44.1 Å². The average molecular weight is 518 g/mol. The minimum Gasteiger partial charge on any atom is -0.379 e. The van der Waals surface area contributed by atoms with Gasteiger partial charge in [0.05, 0.1) is 23.3 Å². The summed E-state index contributed by atoms with van der Waals surface area (Å²) in [6.45, 7) is 9.62. The molecule has 8 heteroatoms. The Bertz CT molecular complexity index is 1060. The maximum Gasteiger partial charge on any atom is 0.228 e. The SMILES string of the molecule is CCc1cccc(N2C[C@@](CCN3CC(N4CCOCC4)C3)(c3ccc(Cl)c(Cl)c3)CCC2=O)n1. The fraction of sp³-hybridized carbons (Fsp3) is 0.556. The Hall–Kier alpha value is -1.70. The van der Waals surface area contributed by atoms with E-state index in [-0.39, 0.29) is 11.3 Å². The van der Waals surface area contributed by atoms with Crippen LogP contribution in [0.15, 0.2) is 36.4 Å². The number of aryl methyl sites for hydroxylation is 1. The molecule has 1 atom stereocenters. The third-order valence-corrected chi connectivity index (χ3v) is 8.69. The van der Waals surface area contributed by atoms with Crippen LogP contribution in [0.2, 0.25) is 10.0 Å². The van der Waals surface area contributed by atoms with E-state index in [1.807, 2.05) is 35.2 Å². The highest BCUT2D eigenvalue weighted by Crippen LogP contribution is 2.41. The van der Waals surface area contributed by atoms with E-state index in [1.165, 1.54) is 0 Å². The number of morpholine rings is 1. The van der Waals surface area contributed by atoms with Gasteiger partial charge < -0.3 is 9.64 Å². The van der Waals surface area contributed by atoms with Crippen molar-refractivity contribution in [2.24, 2.45) is 0 Å². The quantitative estimate of drug-likeness (QED) is 0.544. The zero-order valence-electron chi connectivity index (χ0n) is 20.4. The van der Waals surface area contributed by atoms with Gasteiger partial charge in [-0.05, 0) is 55.6 Å². The number of benzene rings is 1. The van der Waals surface area contributed by atoms with Crippen LogP contribution in [0.3, 0.4) is 0 Å². The molecular formula is C27H34Cl2N4O2. The molecule has 4 heterocycles.